The maximum atomic E-state index is 11.8. The Morgan fingerprint density at radius 1 is 1.06 bits per heavy atom. The predicted molar refractivity (Wildman–Crippen MR) is 126 cm³/mol. The minimum absolute atomic E-state index is 0.116. The molecule has 1 N–H and O–H groups in total. The molecule has 0 aliphatic carbocycles. The second-order valence-corrected chi connectivity index (χ2v) is 9.13. The highest BCUT2D eigenvalue weighted by molar-refractivity contribution is 7.85. The lowest BCUT2D eigenvalue weighted by Gasteiger charge is -2.20. The van der Waals surface area contributed by atoms with Gasteiger partial charge in [0.25, 0.3) is 10.1 Å². The van der Waals surface area contributed by atoms with Gasteiger partial charge in [0, 0.05) is 16.8 Å². The van der Waals surface area contributed by atoms with Gasteiger partial charge in [-0.2, -0.15) is 8.42 Å². The molecule has 1 atom stereocenters. The number of carbonyl (C=O) groups is 1. The van der Waals surface area contributed by atoms with Crippen LogP contribution < -0.4 is 4.74 Å². The maximum Gasteiger partial charge on any atom is 0.330 e. The van der Waals surface area contributed by atoms with Gasteiger partial charge in [-0.05, 0) is 41.8 Å². The van der Waals surface area contributed by atoms with E-state index in [-0.39, 0.29) is 11.5 Å². The summed E-state index contributed by atoms with van der Waals surface area (Å²) in [6.45, 7) is 5.71. The van der Waals surface area contributed by atoms with Gasteiger partial charge in [0.2, 0.25) is 0 Å². The predicted octanol–water partition coefficient (Wildman–Crippen LogP) is 5.69. The molecule has 3 aromatic rings. The quantitative estimate of drug-likeness (QED) is 0.131. The van der Waals surface area contributed by atoms with Crippen molar-refractivity contribution in [3.63, 3.8) is 0 Å². The van der Waals surface area contributed by atoms with Gasteiger partial charge in [0.05, 0.1) is 4.90 Å². The highest BCUT2D eigenvalue weighted by atomic mass is 32.2. The van der Waals surface area contributed by atoms with Crippen LogP contribution in [-0.4, -0.2) is 31.7 Å². The third-order valence-electron chi connectivity index (χ3n) is 5.33. The zero-order valence-corrected chi connectivity index (χ0v) is 18.9. The van der Waals surface area contributed by atoms with Crippen LogP contribution in [0.1, 0.15) is 39.0 Å². The fourth-order valence-corrected chi connectivity index (χ4v) is 4.19. The first-order valence-corrected chi connectivity index (χ1v) is 12.2. The highest BCUT2D eigenvalue weighted by Crippen LogP contribution is 2.36. The number of fused-ring (bicyclic) bond motifs is 2. The lowest BCUT2D eigenvalue weighted by Crippen LogP contribution is -2.24. The Hall–Kier alpha value is -2.90. The molecule has 0 radical (unpaired) electrons. The Morgan fingerprint density at radius 2 is 1.81 bits per heavy atom. The Kier molecular flexibility index (Phi) is 7.88. The molecule has 0 aliphatic heterocycles. The van der Waals surface area contributed by atoms with E-state index in [9.17, 15) is 17.8 Å². The largest absolute Gasteiger partial charge is 0.488 e. The maximum absolute atomic E-state index is 11.8. The SMILES string of the molecule is C=CC(=O)OC(CCCCCC)COc1c2ccccc2cc2ccc(S(=O)(=O)O)cc12. The Labute approximate surface area is 188 Å². The summed E-state index contributed by atoms with van der Waals surface area (Å²) >= 11 is 0. The van der Waals surface area contributed by atoms with Gasteiger partial charge < -0.3 is 9.47 Å². The normalized spacial score (nSPS) is 12.6. The van der Waals surface area contributed by atoms with E-state index in [1.54, 1.807) is 6.07 Å². The summed E-state index contributed by atoms with van der Waals surface area (Å²) in [5.74, 6) is -0.0256. The van der Waals surface area contributed by atoms with Crippen LogP contribution in [0.5, 0.6) is 5.75 Å². The number of rotatable bonds is 11. The van der Waals surface area contributed by atoms with Crippen LogP contribution in [0.3, 0.4) is 0 Å². The van der Waals surface area contributed by atoms with Crippen LogP contribution in [0.15, 0.2) is 66.1 Å². The number of unbranched alkanes of at least 4 members (excludes halogenated alkanes) is 3. The summed E-state index contributed by atoms with van der Waals surface area (Å²) < 4.78 is 44.5. The van der Waals surface area contributed by atoms with E-state index in [1.165, 1.54) is 12.1 Å². The van der Waals surface area contributed by atoms with Crippen molar-refractivity contribution in [2.24, 2.45) is 0 Å². The Morgan fingerprint density at radius 3 is 2.53 bits per heavy atom. The molecule has 7 heteroatoms. The molecular formula is C25H28O6S. The molecule has 0 aromatic heterocycles. The fourth-order valence-electron chi connectivity index (χ4n) is 3.68. The Balaban J connectivity index is 1.97. The van der Waals surface area contributed by atoms with Gasteiger partial charge in [0.15, 0.2) is 0 Å². The summed E-state index contributed by atoms with van der Waals surface area (Å²) in [5, 5.41) is 3.05. The molecule has 3 aromatic carbocycles. The van der Waals surface area contributed by atoms with Crippen molar-refractivity contribution in [2.45, 2.75) is 50.0 Å². The number of hydrogen-bond acceptors (Lipinski definition) is 5. The van der Waals surface area contributed by atoms with E-state index in [2.05, 4.69) is 13.5 Å². The van der Waals surface area contributed by atoms with Crippen molar-refractivity contribution < 1.29 is 27.2 Å². The number of benzene rings is 3. The summed E-state index contributed by atoms with van der Waals surface area (Å²) in [7, 11) is -4.37. The van der Waals surface area contributed by atoms with Gasteiger partial charge in [0.1, 0.15) is 18.5 Å². The van der Waals surface area contributed by atoms with Crippen LogP contribution in [0.25, 0.3) is 21.5 Å². The molecule has 0 aliphatic rings. The fraction of sp³-hybridized carbons (Fsp3) is 0.320. The summed E-state index contributed by atoms with van der Waals surface area (Å²) in [4.78, 5) is 11.6. The number of carbonyl (C=O) groups excluding carboxylic acids is 1. The van der Waals surface area contributed by atoms with Crippen molar-refractivity contribution in [2.75, 3.05) is 6.61 Å². The zero-order chi connectivity index (χ0) is 23.1. The van der Waals surface area contributed by atoms with E-state index in [4.69, 9.17) is 9.47 Å². The van der Waals surface area contributed by atoms with Crippen LogP contribution in [0, 0.1) is 0 Å². The van der Waals surface area contributed by atoms with E-state index >= 15 is 0 Å². The first-order chi connectivity index (χ1) is 15.3. The molecule has 0 amide bonds. The number of hydrogen-bond donors (Lipinski definition) is 1. The standard InChI is InChI=1S/C25H28O6S/c1-3-5-6-7-11-20(31-24(26)4-2)17-30-25-22-12-9-8-10-18(22)15-19-13-14-21(16-23(19)25)32(27,28)29/h4,8-10,12-16,20H,2-3,5-7,11,17H2,1H3,(H,27,28,29). The lowest BCUT2D eigenvalue weighted by atomic mass is 10.0. The molecule has 170 valence electrons. The average Bonchev–Trinajstić information content (AvgIpc) is 2.78. The molecule has 1 unspecified atom stereocenters. The second-order valence-electron chi connectivity index (χ2n) is 7.71. The topological polar surface area (TPSA) is 89.9 Å². The summed E-state index contributed by atoms with van der Waals surface area (Å²) in [5.41, 5.74) is 0. The van der Waals surface area contributed by atoms with Gasteiger partial charge in [-0.3, -0.25) is 4.55 Å². The van der Waals surface area contributed by atoms with E-state index in [0.29, 0.717) is 17.6 Å². The molecule has 0 spiro atoms. The van der Waals surface area contributed by atoms with Crippen LogP contribution in [0.4, 0.5) is 0 Å². The molecule has 0 saturated carbocycles. The molecule has 6 nitrogen and oxygen atoms in total. The van der Waals surface area contributed by atoms with Gasteiger partial charge in [-0.1, -0.05) is 63.1 Å². The lowest BCUT2D eigenvalue weighted by molar-refractivity contribution is -0.144. The summed E-state index contributed by atoms with van der Waals surface area (Å²) in [6.07, 6.45) is 5.46. The first-order valence-electron chi connectivity index (χ1n) is 10.7. The number of esters is 1. The zero-order valence-electron chi connectivity index (χ0n) is 18.1. The van der Waals surface area contributed by atoms with Crippen LogP contribution in [0.2, 0.25) is 0 Å². The molecule has 0 bridgehead atoms. The third kappa shape index (κ3) is 5.87. The second kappa shape index (κ2) is 10.6. The van der Waals surface area contributed by atoms with Gasteiger partial charge >= 0.3 is 5.97 Å². The van der Waals surface area contributed by atoms with Gasteiger partial charge in [-0.15, -0.1) is 0 Å². The summed E-state index contributed by atoms with van der Waals surface area (Å²) in [6, 6.07) is 13.9. The molecule has 32 heavy (non-hydrogen) atoms. The van der Waals surface area contributed by atoms with Crippen molar-refractivity contribution in [1.29, 1.82) is 0 Å². The van der Waals surface area contributed by atoms with Gasteiger partial charge in [-0.25, -0.2) is 4.79 Å². The van der Waals surface area contributed by atoms with Crippen molar-refractivity contribution in [1.82, 2.24) is 0 Å². The van der Waals surface area contributed by atoms with Crippen molar-refractivity contribution in [3.05, 3.63) is 61.2 Å². The number of ether oxygens (including phenoxy) is 2. The molecule has 3 rings (SSSR count). The molecule has 0 heterocycles. The molecule has 0 fully saturated rings. The van der Waals surface area contributed by atoms with E-state index < -0.39 is 22.2 Å². The van der Waals surface area contributed by atoms with Crippen LogP contribution >= 0.6 is 0 Å². The smallest absolute Gasteiger partial charge is 0.330 e. The molecular weight excluding hydrogens is 428 g/mol. The third-order valence-corrected chi connectivity index (χ3v) is 6.18. The van der Waals surface area contributed by atoms with E-state index in [0.717, 1.165) is 47.9 Å². The van der Waals surface area contributed by atoms with Crippen molar-refractivity contribution in [3.8, 4) is 5.75 Å². The first kappa shape index (κ1) is 23.8. The average molecular weight is 457 g/mol. The minimum Gasteiger partial charge on any atom is -0.488 e. The monoisotopic (exact) mass is 456 g/mol. The van der Waals surface area contributed by atoms with E-state index in [1.807, 2.05) is 30.3 Å². The van der Waals surface area contributed by atoms with Crippen LogP contribution in [-0.2, 0) is 19.6 Å². The Bertz CT molecular complexity index is 1220. The van der Waals surface area contributed by atoms with Crippen molar-refractivity contribution >= 4 is 37.6 Å². The minimum atomic E-state index is -4.37. The highest BCUT2D eigenvalue weighted by Gasteiger charge is 2.18. The molecule has 0 saturated heterocycles.